The molecule has 0 unspecified atom stereocenters. The van der Waals surface area contributed by atoms with Crippen LogP contribution in [0.5, 0.6) is 0 Å². The van der Waals surface area contributed by atoms with Crippen molar-refractivity contribution in [3.05, 3.63) is 35.4 Å². The summed E-state index contributed by atoms with van der Waals surface area (Å²) in [4.78, 5) is 16.9. The fourth-order valence-corrected chi connectivity index (χ4v) is 5.19. The fraction of sp³-hybridized carbons (Fsp3) is 0.600. The van der Waals surface area contributed by atoms with E-state index in [0.29, 0.717) is 31.2 Å². The summed E-state index contributed by atoms with van der Waals surface area (Å²) in [5, 5.41) is 19.3. The Bertz CT molecular complexity index is 707. The number of rotatable bonds is 4. The number of benzene rings is 1. The van der Waals surface area contributed by atoms with Crippen molar-refractivity contribution in [2.75, 3.05) is 26.2 Å². The highest BCUT2D eigenvalue weighted by atomic mass is 16.4. The lowest BCUT2D eigenvalue weighted by molar-refractivity contribution is -0.149. The Hall–Kier alpha value is -1.90. The highest BCUT2D eigenvalue weighted by Gasteiger charge is 2.58. The van der Waals surface area contributed by atoms with E-state index in [4.69, 9.17) is 0 Å². The third-order valence-electron chi connectivity index (χ3n) is 6.50. The van der Waals surface area contributed by atoms with E-state index >= 15 is 0 Å². The predicted molar refractivity (Wildman–Crippen MR) is 93.8 cm³/mol. The van der Waals surface area contributed by atoms with Crippen LogP contribution >= 0.6 is 0 Å². The van der Waals surface area contributed by atoms with Gasteiger partial charge in [-0.3, -0.25) is 14.6 Å². The minimum absolute atomic E-state index is 0.194. The first kappa shape index (κ1) is 16.6. The number of aliphatic carboxylic acids is 1. The number of likely N-dealkylation sites (tertiary alicyclic amines) is 2. The van der Waals surface area contributed by atoms with Crippen molar-refractivity contribution in [3.63, 3.8) is 0 Å². The summed E-state index contributed by atoms with van der Waals surface area (Å²) in [7, 11) is 0. The zero-order chi connectivity index (χ0) is 17.4. The first-order valence-electron chi connectivity index (χ1n) is 9.30. The topological polar surface area (TPSA) is 67.6 Å². The van der Waals surface area contributed by atoms with Crippen LogP contribution in [0, 0.1) is 22.7 Å². The standard InChI is InChI=1S/C20H25N3O2/c21-9-15-5-1-2-6-16(15)10-22-11-17-12-23(18-7-3-4-8-18)14-20(17,13-22)19(24)25/h1-2,5-6,17-18H,3-4,7-8,10-14H2,(H,24,25)/t17-,20-/m1/s1. The molecule has 1 saturated carbocycles. The normalized spacial score (nSPS) is 30.4. The lowest BCUT2D eigenvalue weighted by atomic mass is 9.81. The largest absolute Gasteiger partial charge is 0.481 e. The molecule has 0 radical (unpaired) electrons. The smallest absolute Gasteiger partial charge is 0.312 e. The molecule has 132 valence electrons. The molecule has 1 aromatic carbocycles. The zero-order valence-electron chi connectivity index (χ0n) is 14.5. The second-order valence-corrected chi connectivity index (χ2v) is 7.96. The van der Waals surface area contributed by atoms with Gasteiger partial charge in [-0.25, -0.2) is 0 Å². The third-order valence-corrected chi connectivity index (χ3v) is 6.50. The molecule has 1 N–H and O–H groups in total. The number of carboxylic acids is 1. The molecule has 2 aliphatic heterocycles. The monoisotopic (exact) mass is 339 g/mol. The fourth-order valence-electron chi connectivity index (χ4n) is 5.19. The lowest BCUT2D eigenvalue weighted by Crippen LogP contribution is -2.42. The Morgan fingerprint density at radius 3 is 2.68 bits per heavy atom. The molecule has 2 atom stereocenters. The molecular formula is C20H25N3O2. The van der Waals surface area contributed by atoms with Crippen molar-refractivity contribution in [2.24, 2.45) is 11.3 Å². The molecule has 25 heavy (non-hydrogen) atoms. The number of nitrogens with zero attached hydrogens (tertiary/aromatic N) is 3. The number of fused-ring (bicyclic) bond motifs is 1. The van der Waals surface area contributed by atoms with E-state index in [1.54, 1.807) is 0 Å². The van der Waals surface area contributed by atoms with Gasteiger partial charge in [-0.15, -0.1) is 0 Å². The van der Waals surface area contributed by atoms with Gasteiger partial charge in [0.1, 0.15) is 0 Å². The number of hydrogen-bond donors (Lipinski definition) is 1. The molecule has 1 aliphatic carbocycles. The summed E-state index contributed by atoms with van der Waals surface area (Å²) in [6.45, 7) is 3.67. The summed E-state index contributed by atoms with van der Waals surface area (Å²) in [6, 6.07) is 10.5. The molecule has 0 aromatic heterocycles. The van der Waals surface area contributed by atoms with E-state index in [9.17, 15) is 15.2 Å². The summed E-state index contributed by atoms with van der Waals surface area (Å²) in [5.41, 5.74) is 1.05. The molecule has 5 nitrogen and oxygen atoms in total. The number of carboxylic acid groups (broad SMARTS) is 1. The Balaban J connectivity index is 1.50. The maximum atomic E-state index is 12.2. The van der Waals surface area contributed by atoms with Gasteiger partial charge in [0.25, 0.3) is 0 Å². The van der Waals surface area contributed by atoms with Crippen LogP contribution in [-0.2, 0) is 11.3 Å². The highest BCUT2D eigenvalue weighted by Crippen LogP contribution is 2.45. The van der Waals surface area contributed by atoms with Crippen molar-refractivity contribution in [1.82, 2.24) is 9.80 Å². The maximum absolute atomic E-state index is 12.2. The van der Waals surface area contributed by atoms with E-state index in [1.807, 2.05) is 24.3 Å². The molecule has 4 rings (SSSR count). The van der Waals surface area contributed by atoms with Crippen LogP contribution in [0.15, 0.2) is 24.3 Å². The summed E-state index contributed by atoms with van der Waals surface area (Å²) >= 11 is 0. The number of nitriles is 1. The van der Waals surface area contributed by atoms with Gasteiger partial charge in [-0.2, -0.15) is 5.26 Å². The Labute approximate surface area is 148 Å². The first-order valence-corrected chi connectivity index (χ1v) is 9.30. The van der Waals surface area contributed by atoms with Gasteiger partial charge in [-0.05, 0) is 24.5 Å². The van der Waals surface area contributed by atoms with Crippen molar-refractivity contribution in [1.29, 1.82) is 5.26 Å². The lowest BCUT2D eigenvalue weighted by Gasteiger charge is -2.28. The minimum atomic E-state index is -0.644. The van der Waals surface area contributed by atoms with Crippen LogP contribution in [0.4, 0.5) is 0 Å². The summed E-state index contributed by atoms with van der Waals surface area (Å²) in [5.74, 6) is -0.450. The molecule has 3 aliphatic rings. The Morgan fingerprint density at radius 1 is 1.24 bits per heavy atom. The van der Waals surface area contributed by atoms with Crippen molar-refractivity contribution >= 4 is 5.97 Å². The van der Waals surface area contributed by atoms with Gasteiger partial charge in [0.05, 0.1) is 17.0 Å². The second kappa shape index (κ2) is 6.44. The van der Waals surface area contributed by atoms with Gasteiger partial charge in [0.15, 0.2) is 0 Å². The molecule has 0 bridgehead atoms. The second-order valence-electron chi connectivity index (χ2n) is 7.96. The molecule has 0 amide bonds. The maximum Gasteiger partial charge on any atom is 0.312 e. The first-order chi connectivity index (χ1) is 12.1. The van der Waals surface area contributed by atoms with Gasteiger partial charge in [0.2, 0.25) is 0 Å². The van der Waals surface area contributed by atoms with Crippen LogP contribution in [0.25, 0.3) is 0 Å². The molecule has 2 heterocycles. The zero-order valence-corrected chi connectivity index (χ0v) is 14.5. The van der Waals surface area contributed by atoms with Gasteiger partial charge in [-0.1, -0.05) is 31.0 Å². The third kappa shape index (κ3) is 2.84. The average Bonchev–Trinajstić information content (AvgIpc) is 3.29. The molecule has 2 saturated heterocycles. The van der Waals surface area contributed by atoms with Gasteiger partial charge >= 0.3 is 5.97 Å². The number of carbonyl (C=O) groups is 1. The van der Waals surface area contributed by atoms with E-state index < -0.39 is 11.4 Å². The van der Waals surface area contributed by atoms with E-state index in [2.05, 4.69) is 15.9 Å². The molecular weight excluding hydrogens is 314 g/mol. The minimum Gasteiger partial charge on any atom is -0.481 e. The molecule has 3 fully saturated rings. The van der Waals surface area contributed by atoms with E-state index in [-0.39, 0.29) is 5.92 Å². The highest BCUT2D eigenvalue weighted by molar-refractivity contribution is 5.77. The Kier molecular flexibility index (Phi) is 4.26. The quantitative estimate of drug-likeness (QED) is 0.912. The average molecular weight is 339 g/mol. The van der Waals surface area contributed by atoms with Gasteiger partial charge in [0, 0.05) is 44.7 Å². The number of hydrogen-bond acceptors (Lipinski definition) is 4. The Morgan fingerprint density at radius 2 is 2.00 bits per heavy atom. The summed E-state index contributed by atoms with van der Waals surface area (Å²) in [6.07, 6.45) is 5.01. The van der Waals surface area contributed by atoms with Crippen LogP contribution < -0.4 is 0 Å². The predicted octanol–water partition coefficient (Wildman–Crippen LogP) is 2.32. The van der Waals surface area contributed by atoms with Gasteiger partial charge < -0.3 is 5.11 Å². The molecule has 0 spiro atoms. The van der Waals surface area contributed by atoms with Crippen LogP contribution in [0.3, 0.4) is 0 Å². The van der Waals surface area contributed by atoms with Crippen molar-refractivity contribution in [3.8, 4) is 6.07 Å². The van der Waals surface area contributed by atoms with Crippen molar-refractivity contribution in [2.45, 2.75) is 38.3 Å². The van der Waals surface area contributed by atoms with E-state index in [1.165, 1.54) is 25.7 Å². The summed E-state index contributed by atoms with van der Waals surface area (Å²) < 4.78 is 0. The molecule has 5 heteroatoms. The van der Waals surface area contributed by atoms with Crippen molar-refractivity contribution < 1.29 is 9.90 Å². The van der Waals surface area contributed by atoms with Crippen LogP contribution in [0.2, 0.25) is 0 Å². The molecule has 1 aromatic rings. The van der Waals surface area contributed by atoms with E-state index in [0.717, 1.165) is 18.7 Å². The van der Waals surface area contributed by atoms with Crippen LogP contribution in [-0.4, -0.2) is 53.1 Å². The van der Waals surface area contributed by atoms with Crippen LogP contribution in [0.1, 0.15) is 36.8 Å². The SMILES string of the molecule is N#Cc1ccccc1CN1C[C@@H]2CN(C3CCCC3)C[C@]2(C(=O)O)C1.